The van der Waals surface area contributed by atoms with Crippen molar-refractivity contribution in [3.8, 4) is 23.0 Å². The summed E-state index contributed by atoms with van der Waals surface area (Å²) >= 11 is 0. The molecular weight excluding hydrogens is 382 g/mol. The average Bonchev–Trinajstić information content (AvgIpc) is 3.14. The summed E-state index contributed by atoms with van der Waals surface area (Å²) in [5, 5.41) is 21.2. The van der Waals surface area contributed by atoms with Gasteiger partial charge in [-0.2, -0.15) is 0 Å². The molecule has 6 nitrogen and oxygen atoms in total. The summed E-state index contributed by atoms with van der Waals surface area (Å²) in [6.07, 6.45) is 3.26. The largest absolute Gasteiger partial charge is 0.507 e. The minimum Gasteiger partial charge on any atom is -0.507 e. The highest BCUT2D eigenvalue weighted by atomic mass is 16.5. The molecule has 164 valence electrons. The third-order valence-electron chi connectivity index (χ3n) is 6.21. The maximum absolute atomic E-state index is 11.3. The van der Waals surface area contributed by atoms with Gasteiger partial charge < -0.3 is 29.3 Å². The van der Waals surface area contributed by atoms with Crippen LogP contribution in [0.2, 0.25) is 0 Å². The predicted molar refractivity (Wildman–Crippen MR) is 117 cm³/mol. The standard InChI is InChI=1S/C24H33NO5/c1-25-12-11-18(20(25)15-26)23-22(30-4)14-21(29-3)19(24(23)27)10-6-8-16-7-5-9-17(13-16)28-2/h5,7,9,13-14,18,20,26-27H,6,8,10-12,15H2,1-4H3. The number of benzene rings is 2. The molecule has 2 N–H and O–H groups in total. The van der Waals surface area contributed by atoms with E-state index in [2.05, 4.69) is 11.0 Å². The minimum atomic E-state index is -0.0390. The van der Waals surface area contributed by atoms with Crippen LogP contribution < -0.4 is 14.2 Å². The van der Waals surface area contributed by atoms with E-state index in [-0.39, 0.29) is 24.3 Å². The normalized spacial score (nSPS) is 19.1. The molecule has 30 heavy (non-hydrogen) atoms. The van der Waals surface area contributed by atoms with E-state index in [1.807, 2.05) is 31.3 Å². The van der Waals surface area contributed by atoms with Gasteiger partial charge in [0, 0.05) is 29.2 Å². The number of methoxy groups -OCH3 is 3. The van der Waals surface area contributed by atoms with Gasteiger partial charge in [0.2, 0.25) is 0 Å². The van der Waals surface area contributed by atoms with Crippen LogP contribution in [-0.4, -0.2) is 62.7 Å². The number of hydrogen-bond donors (Lipinski definition) is 2. The molecule has 2 atom stereocenters. The fraction of sp³-hybridized carbons (Fsp3) is 0.500. The monoisotopic (exact) mass is 415 g/mol. The van der Waals surface area contributed by atoms with Crippen LogP contribution in [0.4, 0.5) is 0 Å². The van der Waals surface area contributed by atoms with Crippen LogP contribution in [0.5, 0.6) is 23.0 Å². The molecule has 2 aromatic rings. The zero-order valence-corrected chi connectivity index (χ0v) is 18.4. The third-order valence-corrected chi connectivity index (χ3v) is 6.21. The Morgan fingerprint density at radius 3 is 2.47 bits per heavy atom. The van der Waals surface area contributed by atoms with Crippen molar-refractivity contribution in [3.63, 3.8) is 0 Å². The Morgan fingerprint density at radius 2 is 1.80 bits per heavy atom. The van der Waals surface area contributed by atoms with E-state index in [1.54, 1.807) is 21.3 Å². The van der Waals surface area contributed by atoms with Crippen LogP contribution in [0.1, 0.15) is 35.4 Å². The van der Waals surface area contributed by atoms with Crippen LogP contribution in [0, 0.1) is 0 Å². The molecule has 1 saturated heterocycles. The lowest BCUT2D eigenvalue weighted by molar-refractivity contribution is 0.171. The summed E-state index contributed by atoms with van der Waals surface area (Å²) in [6, 6.07) is 9.87. The Hall–Kier alpha value is -2.44. The molecule has 1 fully saturated rings. The summed E-state index contributed by atoms with van der Waals surface area (Å²) in [7, 11) is 6.89. The zero-order chi connectivity index (χ0) is 21.7. The second kappa shape index (κ2) is 10.0. The Morgan fingerprint density at radius 1 is 1.03 bits per heavy atom. The molecule has 0 spiro atoms. The molecule has 1 heterocycles. The summed E-state index contributed by atoms with van der Waals surface area (Å²) in [4.78, 5) is 2.14. The summed E-state index contributed by atoms with van der Waals surface area (Å²) in [5.41, 5.74) is 2.76. The first-order valence-electron chi connectivity index (χ1n) is 10.4. The van der Waals surface area contributed by atoms with E-state index in [1.165, 1.54) is 5.56 Å². The molecule has 0 amide bonds. The van der Waals surface area contributed by atoms with E-state index in [0.29, 0.717) is 17.9 Å². The molecule has 0 aliphatic carbocycles. The molecule has 2 unspecified atom stereocenters. The number of ether oxygens (including phenoxy) is 3. The number of aryl methyl sites for hydroxylation is 1. The number of aliphatic hydroxyl groups excluding tert-OH is 1. The number of phenols is 1. The molecule has 0 bridgehead atoms. The first-order valence-corrected chi connectivity index (χ1v) is 10.4. The number of rotatable bonds is 9. The van der Waals surface area contributed by atoms with E-state index < -0.39 is 0 Å². The molecule has 2 aromatic carbocycles. The smallest absolute Gasteiger partial charge is 0.129 e. The van der Waals surface area contributed by atoms with E-state index >= 15 is 0 Å². The van der Waals surface area contributed by atoms with Gasteiger partial charge >= 0.3 is 0 Å². The highest BCUT2D eigenvalue weighted by molar-refractivity contribution is 5.58. The fourth-order valence-electron chi connectivity index (χ4n) is 4.54. The average molecular weight is 416 g/mol. The van der Waals surface area contributed by atoms with Crippen LogP contribution in [0.3, 0.4) is 0 Å². The van der Waals surface area contributed by atoms with Gasteiger partial charge in [-0.25, -0.2) is 0 Å². The van der Waals surface area contributed by atoms with Crippen molar-refractivity contribution in [1.29, 1.82) is 0 Å². The molecule has 0 aromatic heterocycles. The third kappa shape index (κ3) is 4.50. The summed E-state index contributed by atoms with van der Waals surface area (Å²) in [6.45, 7) is 0.913. The Balaban J connectivity index is 1.87. The Kier molecular flexibility index (Phi) is 7.45. The van der Waals surface area contributed by atoms with Crippen molar-refractivity contribution in [1.82, 2.24) is 4.90 Å². The summed E-state index contributed by atoms with van der Waals surface area (Å²) < 4.78 is 16.5. The van der Waals surface area contributed by atoms with Crippen LogP contribution in [0.15, 0.2) is 30.3 Å². The highest BCUT2D eigenvalue weighted by Crippen LogP contribution is 2.47. The predicted octanol–water partition coefficient (Wildman–Crippen LogP) is 3.37. The molecule has 6 heteroatoms. The molecule has 3 rings (SSSR count). The SMILES string of the molecule is COc1cccc(CCCc2c(OC)cc(OC)c(C3CCN(C)C3CO)c2O)c1. The van der Waals surface area contributed by atoms with Gasteiger partial charge in [0.15, 0.2) is 0 Å². The van der Waals surface area contributed by atoms with Crippen LogP contribution in [-0.2, 0) is 12.8 Å². The maximum atomic E-state index is 11.3. The second-order valence-electron chi connectivity index (χ2n) is 7.85. The van der Waals surface area contributed by atoms with Gasteiger partial charge in [-0.15, -0.1) is 0 Å². The van der Waals surface area contributed by atoms with Crippen LogP contribution in [0.25, 0.3) is 0 Å². The van der Waals surface area contributed by atoms with Crippen molar-refractivity contribution in [3.05, 3.63) is 47.0 Å². The number of hydrogen-bond acceptors (Lipinski definition) is 6. The van der Waals surface area contributed by atoms with E-state index in [0.717, 1.165) is 42.7 Å². The lowest BCUT2D eigenvalue weighted by Gasteiger charge is -2.26. The lowest BCUT2D eigenvalue weighted by Crippen LogP contribution is -2.32. The van der Waals surface area contributed by atoms with Crippen molar-refractivity contribution in [2.45, 2.75) is 37.6 Å². The van der Waals surface area contributed by atoms with Crippen molar-refractivity contribution >= 4 is 0 Å². The van der Waals surface area contributed by atoms with Crippen molar-refractivity contribution in [2.75, 3.05) is 41.5 Å². The lowest BCUT2D eigenvalue weighted by atomic mass is 9.87. The van der Waals surface area contributed by atoms with Crippen molar-refractivity contribution in [2.24, 2.45) is 0 Å². The number of aromatic hydroxyl groups is 1. The fourth-order valence-corrected chi connectivity index (χ4v) is 4.54. The van der Waals surface area contributed by atoms with Gasteiger partial charge in [0.1, 0.15) is 23.0 Å². The summed E-state index contributed by atoms with van der Waals surface area (Å²) in [5.74, 6) is 2.33. The Bertz CT molecular complexity index is 854. The van der Waals surface area contributed by atoms with Gasteiger partial charge in [0.05, 0.1) is 27.9 Å². The van der Waals surface area contributed by atoms with Crippen LogP contribution >= 0.6 is 0 Å². The maximum Gasteiger partial charge on any atom is 0.129 e. The van der Waals surface area contributed by atoms with Crippen molar-refractivity contribution < 1.29 is 24.4 Å². The van der Waals surface area contributed by atoms with Gasteiger partial charge in [0.25, 0.3) is 0 Å². The number of likely N-dealkylation sites (tertiary alicyclic amines) is 1. The minimum absolute atomic E-state index is 0.0120. The number of phenolic OH excluding ortho intramolecular Hbond substituents is 1. The van der Waals surface area contributed by atoms with Gasteiger partial charge in [-0.1, -0.05) is 12.1 Å². The molecular formula is C24H33NO5. The molecule has 0 saturated carbocycles. The first-order chi connectivity index (χ1) is 14.5. The number of aliphatic hydroxyl groups is 1. The van der Waals surface area contributed by atoms with E-state index in [4.69, 9.17) is 14.2 Å². The first kappa shape index (κ1) is 22.2. The number of nitrogens with zero attached hydrogens (tertiary/aromatic N) is 1. The van der Waals surface area contributed by atoms with Gasteiger partial charge in [-0.05, 0) is 57.0 Å². The highest BCUT2D eigenvalue weighted by Gasteiger charge is 2.37. The molecule has 1 aliphatic heterocycles. The zero-order valence-electron chi connectivity index (χ0n) is 18.4. The number of likely N-dealkylation sites (N-methyl/N-ethyl adjacent to an activating group) is 1. The van der Waals surface area contributed by atoms with Gasteiger partial charge in [-0.3, -0.25) is 0 Å². The quantitative estimate of drug-likeness (QED) is 0.654. The topological polar surface area (TPSA) is 71.4 Å². The van der Waals surface area contributed by atoms with E-state index in [9.17, 15) is 10.2 Å². The Labute approximate surface area is 179 Å². The second-order valence-corrected chi connectivity index (χ2v) is 7.85. The molecule has 0 radical (unpaired) electrons. The molecule has 1 aliphatic rings.